The second kappa shape index (κ2) is 9.73. The molecule has 0 bridgehead atoms. The van der Waals surface area contributed by atoms with Crippen LogP contribution in [0.15, 0.2) is 66.7 Å². The third-order valence-electron chi connectivity index (χ3n) is 5.66. The summed E-state index contributed by atoms with van der Waals surface area (Å²) in [5.74, 6) is -0.898. The second-order valence-corrected chi connectivity index (χ2v) is 7.94. The van der Waals surface area contributed by atoms with Gasteiger partial charge in [0.15, 0.2) is 0 Å². The average Bonchev–Trinajstić information content (AvgIpc) is 2.80. The Labute approximate surface area is 182 Å². The maximum Gasteiger partial charge on any atom is 0.285 e. The van der Waals surface area contributed by atoms with Crippen molar-refractivity contribution < 1.29 is 9.63 Å². The predicted molar refractivity (Wildman–Crippen MR) is 122 cm³/mol. The standard InChI is InChI=1S/C25H28N4O2/c26-25(27)29(24(30)23-10-6-8-21-7-2-3-9-22(21)23)31-18-20-13-11-19(12-14-20)17-28-15-4-1-5-16-28/h2-3,6-14H,1,4-5,15-18H2,(H3,26,27). The molecule has 6 heteroatoms. The Morgan fingerprint density at radius 3 is 2.35 bits per heavy atom. The average molecular weight is 417 g/mol. The minimum atomic E-state index is -0.453. The van der Waals surface area contributed by atoms with Crippen LogP contribution >= 0.6 is 0 Å². The summed E-state index contributed by atoms with van der Waals surface area (Å²) in [6, 6.07) is 21.3. The number of fused-ring (bicyclic) bond motifs is 1. The van der Waals surface area contributed by atoms with Crippen LogP contribution in [0.3, 0.4) is 0 Å². The van der Waals surface area contributed by atoms with Crippen LogP contribution in [-0.2, 0) is 18.0 Å². The summed E-state index contributed by atoms with van der Waals surface area (Å²) >= 11 is 0. The number of hydrogen-bond acceptors (Lipinski definition) is 4. The first kappa shape index (κ1) is 21.0. The van der Waals surface area contributed by atoms with E-state index in [1.54, 1.807) is 6.07 Å². The van der Waals surface area contributed by atoms with Gasteiger partial charge in [0.25, 0.3) is 5.91 Å². The van der Waals surface area contributed by atoms with E-state index in [0.29, 0.717) is 5.56 Å². The van der Waals surface area contributed by atoms with Gasteiger partial charge >= 0.3 is 0 Å². The lowest BCUT2D eigenvalue weighted by Crippen LogP contribution is -2.41. The molecule has 6 nitrogen and oxygen atoms in total. The summed E-state index contributed by atoms with van der Waals surface area (Å²) in [7, 11) is 0. The Balaban J connectivity index is 1.42. The van der Waals surface area contributed by atoms with Gasteiger partial charge in [-0.3, -0.25) is 19.9 Å². The van der Waals surface area contributed by atoms with Crippen LogP contribution in [0.5, 0.6) is 0 Å². The molecular weight excluding hydrogens is 388 g/mol. The first-order chi connectivity index (χ1) is 15.1. The minimum absolute atomic E-state index is 0.153. The normalized spacial score (nSPS) is 14.5. The highest BCUT2D eigenvalue weighted by Gasteiger charge is 2.22. The fourth-order valence-electron chi connectivity index (χ4n) is 4.01. The van der Waals surface area contributed by atoms with Crippen molar-refractivity contribution in [3.05, 3.63) is 83.4 Å². The Bertz CT molecular complexity index is 1050. The van der Waals surface area contributed by atoms with Gasteiger partial charge in [-0.25, -0.2) is 0 Å². The number of benzene rings is 3. The molecular formula is C25H28N4O2. The van der Waals surface area contributed by atoms with Crippen molar-refractivity contribution >= 4 is 22.6 Å². The lowest BCUT2D eigenvalue weighted by molar-refractivity contribution is -0.0834. The molecule has 3 N–H and O–H groups in total. The predicted octanol–water partition coefficient (Wildman–Crippen LogP) is 4.29. The summed E-state index contributed by atoms with van der Waals surface area (Å²) in [5, 5.41) is 10.4. The molecule has 1 aliphatic heterocycles. The first-order valence-electron chi connectivity index (χ1n) is 10.7. The summed E-state index contributed by atoms with van der Waals surface area (Å²) in [4.78, 5) is 21.2. The summed E-state index contributed by atoms with van der Waals surface area (Å²) in [6.45, 7) is 3.43. The van der Waals surface area contributed by atoms with E-state index in [2.05, 4.69) is 17.0 Å². The van der Waals surface area contributed by atoms with Crippen molar-refractivity contribution in [1.29, 1.82) is 5.41 Å². The van der Waals surface area contributed by atoms with E-state index >= 15 is 0 Å². The van der Waals surface area contributed by atoms with Crippen molar-refractivity contribution in [1.82, 2.24) is 9.96 Å². The van der Waals surface area contributed by atoms with E-state index in [0.717, 1.165) is 41.0 Å². The SMILES string of the molecule is N=C(N)N(OCc1ccc(CN2CCCCC2)cc1)C(=O)c1cccc2ccccc12. The van der Waals surface area contributed by atoms with Gasteiger partial charge in [-0.1, -0.05) is 67.1 Å². The summed E-state index contributed by atoms with van der Waals surface area (Å²) in [5.41, 5.74) is 8.30. The molecule has 0 atom stereocenters. The van der Waals surface area contributed by atoms with E-state index in [-0.39, 0.29) is 6.61 Å². The molecule has 1 saturated heterocycles. The molecule has 1 heterocycles. The van der Waals surface area contributed by atoms with Crippen LogP contribution in [-0.4, -0.2) is 34.9 Å². The maximum atomic E-state index is 13.1. The van der Waals surface area contributed by atoms with Gasteiger partial charge in [0.05, 0.1) is 5.56 Å². The number of carbonyl (C=O) groups excluding carboxylic acids is 1. The molecule has 0 unspecified atom stereocenters. The number of carbonyl (C=O) groups is 1. The Hall–Kier alpha value is -3.22. The Morgan fingerprint density at radius 2 is 1.61 bits per heavy atom. The van der Waals surface area contributed by atoms with E-state index in [4.69, 9.17) is 16.0 Å². The van der Waals surface area contributed by atoms with Crippen molar-refractivity contribution in [2.24, 2.45) is 5.73 Å². The molecule has 1 amide bonds. The van der Waals surface area contributed by atoms with Crippen LogP contribution in [0.1, 0.15) is 40.7 Å². The number of nitrogens with zero attached hydrogens (tertiary/aromatic N) is 2. The minimum Gasteiger partial charge on any atom is -0.368 e. The van der Waals surface area contributed by atoms with Gasteiger partial charge in [-0.15, -0.1) is 5.06 Å². The molecule has 0 radical (unpaired) electrons. The molecule has 3 aromatic carbocycles. The molecule has 0 aromatic heterocycles. The van der Waals surface area contributed by atoms with Gasteiger partial charge in [0, 0.05) is 6.54 Å². The van der Waals surface area contributed by atoms with Gasteiger partial charge in [-0.05, 0) is 53.9 Å². The third kappa shape index (κ3) is 5.10. The Kier molecular flexibility index (Phi) is 6.60. The quantitative estimate of drug-likeness (QED) is 0.357. The summed E-state index contributed by atoms with van der Waals surface area (Å²) in [6.07, 6.45) is 3.88. The number of rotatable bonds is 6. The molecule has 1 fully saturated rings. The van der Waals surface area contributed by atoms with Crippen LogP contribution in [0.2, 0.25) is 0 Å². The Morgan fingerprint density at radius 1 is 0.935 bits per heavy atom. The highest BCUT2D eigenvalue weighted by molar-refractivity contribution is 6.11. The number of nitrogens with two attached hydrogens (primary N) is 1. The van der Waals surface area contributed by atoms with Crippen molar-refractivity contribution in [2.45, 2.75) is 32.4 Å². The molecule has 0 saturated carbocycles. The number of guanidine groups is 1. The van der Waals surface area contributed by atoms with Crippen molar-refractivity contribution in [2.75, 3.05) is 13.1 Å². The van der Waals surface area contributed by atoms with E-state index in [9.17, 15) is 4.79 Å². The topological polar surface area (TPSA) is 82.7 Å². The monoisotopic (exact) mass is 416 g/mol. The van der Waals surface area contributed by atoms with Crippen molar-refractivity contribution in [3.8, 4) is 0 Å². The summed E-state index contributed by atoms with van der Waals surface area (Å²) < 4.78 is 0. The zero-order chi connectivity index (χ0) is 21.6. The van der Waals surface area contributed by atoms with Crippen LogP contribution < -0.4 is 5.73 Å². The second-order valence-electron chi connectivity index (χ2n) is 7.94. The van der Waals surface area contributed by atoms with E-state index in [1.165, 1.54) is 24.8 Å². The number of amides is 1. The first-order valence-corrected chi connectivity index (χ1v) is 10.7. The zero-order valence-corrected chi connectivity index (χ0v) is 17.6. The molecule has 3 aromatic rings. The smallest absolute Gasteiger partial charge is 0.285 e. The lowest BCUT2D eigenvalue weighted by atomic mass is 10.0. The largest absolute Gasteiger partial charge is 0.368 e. The maximum absolute atomic E-state index is 13.1. The van der Waals surface area contributed by atoms with Gasteiger partial charge in [0.1, 0.15) is 6.61 Å². The molecule has 0 spiro atoms. The number of nitrogens with one attached hydrogen (secondary N) is 1. The molecule has 0 aliphatic carbocycles. The van der Waals surface area contributed by atoms with E-state index < -0.39 is 11.9 Å². The number of likely N-dealkylation sites (tertiary alicyclic amines) is 1. The van der Waals surface area contributed by atoms with Crippen LogP contribution in [0.4, 0.5) is 0 Å². The highest BCUT2D eigenvalue weighted by atomic mass is 16.7. The van der Waals surface area contributed by atoms with Gasteiger partial charge in [-0.2, -0.15) is 0 Å². The van der Waals surface area contributed by atoms with Gasteiger partial charge < -0.3 is 5.73 Å². The lowest BCUT2D eigenvalue weighted by Gasteiger charge is -2.26. The van der Waals surface area contributed by atoms with Crippen molar-refractivity contribution in [3.63, 3.8) is 0 Å². The number of hydrogen-bond donors (Lipinski definition) is 2. The number of hydroxylamine groups is 2. The molecule has 1 aliphatic rings. The molecule has 4 rings (SSSR count). The zero-order valence-electron chi connectivity index (χ0n) is 17.6. The molecule has 31 heavy (non-hydrogen) atoms. The number of piperidine rings is 1. The fraction of sp³-hybridized carbons (Fsp3) is 0.280. The molecule has 160 valence electrons. The van der Waals surface area contributed by atoms with Crippen LogP contribution in [0, 0.1) is 5.41 Å². The fourth-order valence-corrected chi connectivity index (χ4v) is 4.01. The van der Waals surface area contributed by atoms with E-state index in [1.807, 2.05) is 48.5 Å². The van der Waals surface area contributed by atoms with Crippen LogP contribution in [0.25, 0.3) is 10.8 Å². The highest BCUT2D eigenvalue weighted by Crippen LogP contribution is 2.21. The third-order valence-corrected chi connectivity index (χ3v) is 5.66. The van der Waals surface area contributed by atoms with Gasteiger partial charge in [0.2, 0.25) is 5.96 Å².